The summed E-state index contributed by atoms with van der Waals surface area (Å²) in [6.07, 6.45) is 0. The lowest BCUT2D eigenvalue weighted by Gasteiger charge is -2.17. The Morgan fingerprint density at radius 3 is 2.29 bits per heavy atom. The van der Waals surface area contributed by atoms with Crippen LogP contribution in [0.5, 0.6) is 0 Å². The summed E-state index contributed by atoms with van der Waals surface area (Å²) in [7, 11) is 1.82. The number of hydrogen-bond acceptors (Lipinski definition) is 2. The zero-order chi connectivity index (χ0) is 15.2. The van der Waals surface area contributed by atoms with Gasteiger partial charge in [-0.15, -0.1) is 0 Å². The van der Waals surface area contributed by atoms with Crippen molar-refractivity contribution in [2.75, 3.05) is 18.9 Å². The van der Waals surface area contributed by atoms with Gasteiger partial charge in [0.1, 0.15) is 0 Å². The molecule has 110 valence electrons. The van der Waals surface area contributed by atoms with Gasteiger partial charge in [0.15, 0.2) is 0 Å². The molecule has 0 spiro atoms. The number of benzene rings is 2. The minimum atomic E-state index is 0.0287. The van der Waals surface area contributed by atoms with Gasteiger partial charge in [0.25, 0.3) is 5.91 Å². The molecule has 4 heteroatoms. The number of amides is 1. The largest absolute Gasteiger partial charge is 0.385 e. The van der Waals surface area contributed by atoms with Gasteiger partial charge in [-0.1, -0.05) is 28.1 Å². The quantitative estimate of drug-likeness (QED) is 0.881. The zero-order valence-corrected chi connectivity index (χ0v) is 13.9. The number of nitrogens with zero attached hydrogens (tertiary/aromatic N) is 1. The Kier molecular flexibility index (Phi) is 5.39. The van der Waals surface area contributed by atoms with Crippen LogP contribution in [0.25, 0.3) is 0 Å². The molecular formula is C17H19BrN2O. The second-order valence-corrected chi connectivity index (χ2v) is 5.81. The average molecular weight is 347 g/mol. The number of anilines is 1. The molecule has 21 heavy (non-hydrogen) atoms. The topological polar surface area (TPSA) is 32.3 Å². The summed E-state index contributed by atoms with van der Waals surface area (Å²) in [5.41, 5.74) is 2.85. The van der Waals surface area contributed by atoms with Gasteiger partial charge in [-0.25, -0.2) is 0 Å². The van der Waals surface area contributed by atoms with Crippen LogP contribution in [0.4, 0.5) is 5.69 Å². The van der Waals surface area contributed by atoms with Crippen LogP contribution in [0.2, 0.25) is 0 Å². The molecule has 0 radical (unpaired) electrons. The number of carbonyl (C=O) groups is 1. The maximum atomic E-state index is 12.4. The molecular weight excluding hydrogens is 328 g/mol. The van der Waals surface area contributed by atoms with Crippen molar-refractivity contribution in [1.29, 1.82) is 0 Å². The molecule has 0 aliphatic heterocycles. The minimum Gasteiger partial charge on any atom is -0.385 e. The van der Waals surface area contributed by atoms with E-state index in [0.29, 0.717) is 12.1 Å². The summed E-state index contributed by atoms with van der Waals surface area (Å²) in [4.78, 5) is 14.1. The zero-order valence-electron chi connectivity index (χ0n) is 12.3. The first-order chi connectivity index (χ1) is 10.1. The second-order valence-electron chi connectivity index (χ2n) is 4.90. The highest BCUT2D eigenvalue weighted by molar-refractivity contribution is 9.10. The van der Waals surface area contributed by atoms with Crippen LogP contribution in [0, 0.1) is 0 Å². The van der Waals surface area contributed by atoms with Gasteiger partial charge in [0.2, 0.25) is 0 Å². The van der Waals surface area contributed by atoms with Crippen molar-refractivity contribution in [2.45, 2.75) is 13.5 Å². The van der Waals surface area contributed by atoms with Crippen LogP contribution in [0.3, 0.4) is 0 Å². The lowest BCUT2D eigenvalue weighted by Crippen LogP contribution is -2.26. The minimum absolute atomic E-state index is 0.0287. The molecule has 0 unspecified atom stereocenters. The van der Waals surface area contributed by atoms with Gasteiger partial charge in [-0.2, -0.15) is 0 Å². The molecule has 0 fully saturated rings. The van der Waals surface area contributed by atoms with Crippen molar-refractivity contribution >= 4 is 27.5 Å². The second kappa shape index (κ2) is 7.27. The predicted molar refractivity (Wildman–Crippen MR) is 90.5 cm³/mol. The highest BCUT2D eigenvalue weighted by Crippen LogP contribution is 2.14. The summed E-state index contributed by atoms with van der Waals surface area (Å²) in [6, 6.07) is 15.6. The van der Waals surface area contributed by atoms with Crippen molar-refractivity contribution in [2.24, 2.45) is 0 Å². The summed E-state index contributed by atoms with van der Waals surface area (Å²) in [5, 5.41) is 3.22. The average Bonchev–Trinajstić information content (AvgIpc) is 2.50. The van der Waals surface area contributed by atoms with Gasteiger partial charge in [0.05, 0.1) is 0 Å². The molecule has 0 bridgehead atoms. The van der Waals surface area contributed by atoms with E-state index in [1.807, 2.05) is 62.5 Å². The van der Waals surface area contributed by atoms with Crippen molar-refractivity contribution in [1.82, 2.24) is 4.90 Å². The number of hydrogen-bond donors (Lipinski definition) is 1. The Labute approximate surface area is 134 Å². The van der Waals surface area contributed by atoms with Gasteiger partial charge < -0.3 is 10.2 Å². The van der Waals surface area contributed by atoms with E-state index in [1.165, 1.54) is 0 Å². The van der Waals surface area contributed by atoms with Crippen LogP contribution in [0.15, 0.2) is 53.0 Å². The third-order valence-corrected chi connectivity index (χ3v) is 3.72. The van der Waals surface area contributed by atoms with E-state index in [-0.39, 0.29) is 5.91 Å². The van der Waals surface area contributed by atoms with Crippen molar-refractivity contribution in [3.63, 3.8) is 0 Å². The summed E-state index contributed by atoms with van der Waals surface area (Å²) in [6.45, 7) is 3.52. The maximum absolute atomic E-state index is 12.4. The molecule has 1 amide bonds. The normalized spacial score (nSPS) is 10.2. The predicted octanol–water partition coefficient (Wildman–Crippen LogP) is 4.15. The third kappa shape index (κ3) is 4.33. The Bertz CT molecular complexity index is 593. The molecule has 3 nitrogen and oxygen atoms in total. The van der Waals surface area contributed by atoms with Gasteiger partial charge in [-0.05, 0) is 48.9 Å². The number of halogens is 1. The Morgan fingerprint density at radius 1 is 1.10 bits per heavy atom. The summed E-state index contributed by atoms with van der Waals surface area (Å²) < 4.78 is 1.04. The van der Waals surface area contributed by atoms with Crippen LogP contribution < -0.4 is 5.32 Å². The number of rotatable bonds is 5. The van der Waals surface area contributed by atoms with Gasteiger partial charge in [-0.3, -0.25) is 4.79 Å². The Balaban J connectivity index is 2.02. The molecule has 0 aromatic heterocycles. The fraction of sp³-hybridized carbons (Fsp3) is 0.235. The van der Waals surface area contributed by atoms with Crippen molar-refractivity contribution < 1.29 is 4.79 Å². The molecule has 0 atom stereocenters. The lowest BCUT2D eigenvalue weighted by molar-refractivity contribution is 0.0785. The van der Waals surface area contributed by atoms with E-state index in [9.17, 15) is 4.79 Å². The van der Waals surface area contributed by atoms with E-state index in [0.717, 1.165) is 22.3 Å². The van der Waals surface area contributed by atoms with Crippen LogP contribution >= 0.6 is 15.9 Å². The first-order valence-corrected chi connectivity index (χ1v) is 7.73. The van der Waals surface area contributed by atoms with E-state index in [2.05, 4.69) is 21.2 Å². The maximum Gasteiger partial charge on any atom is 0.253 e. The fourth-order valence-corrected chi connectivity index (χ4v) is 2.35. The van der Waals surface area contributed by atoms with Gasteiger partial charge in [0, 0.05) is 35.9 Å². The van der Waals surface area contributed by atoms with Crippen molar-refractivity contribution in [3.05, 3.63) is 64.1 Å². The first-order valence-electron chi connectivity index (χ1n) is 6.94. The number of carbonyl (C=O) groups excluding carboxylic acids is 1. The molecule has 0 aliphatic carbocycles. The smallest absolute Gasteiger partial charge is 0.253 e. The molecule has 0 aliphatic rings. The summed E-state index contributed by atoms with van der Waals surface area (Å²) in [5.74, 6) is 0.0287. The molecule has 2 rings (SSSR count). The summed E-state index contributed by atoms with van der Waals surface area (Å²) >= 11 is 3.41. The van der Waals surface area contributed by atoms with E-state index in [1.54, 1.807) is 4.90 Å². The van der Waals surface area contributed by atoms with Crippen LogP contribution in [0.1, 0.15) is 22.8 Å². The highest BCUT2D eigenvalue weighted by Gasteiger charge is 2.11. The van der Waals surface area contributed by atoms with E-state index >= 15 is 0 Å². The SMILES string of the molecule is CCNc1ccc(C(=O)N(C)Cc2ccc(Br)cc2)cc1. The standard InChI is InChI=1S/C17H19BrN2O/c1-3-19-16-10-6-14(7-11-16)17(21)20(2)12-13-4-8-15(18)9-5-13/h4-11,19H,3,12H2,1-2H3. The molecule has 2 aromatic carbocycles. The van der Waals surface area contributed by atoms with Crippen LogP contribution in [-0.2, 0) is 6.54 Å². The number of nitrogens with one attached hydrogen (secondary N) is 1. The molecule has 0 heterocycles. The highest BCUT2D eigenvalue weighted by atomic mass is 79.9. The Hall–Kier alpha value is -1.81. The monoisotopic (exact) mass is 346 g/mol. The first kappa shape index (κ1) is 15.6. The van der Waals surface area contributed by atoms with E-state index in [4.69, 9.17) is 0 Å². The fourth-order valence-electron chi connectivity index (χ4n) is 2.09. The van der Waals surface area contributed by atoms with Crippen molar-refractivity contribution in [3.8, 4) is 0 Å². The Morgan fingerprint density at radius 2 is 1.71 bits per heavy atom. The van der Waals surface area contributed by atoms with Gasteiger partial charge >= 0.3 is 0 Å². The van der Waals surface area contributed by atoms with E-state index < -0.39 is 0 Å². The third-order valence-electron chi connectivity index (χ3n) is 3.19. The molecule has 0 saturated carbocycles. The van der Waals surface area contributed by atoms with Crippen LogP contribution in [-0.4, -0.2) is 24.4 Å². The molecule has 1 N–H and O–H groups in total. The lowest BCUT2D eigenvalue weighted by atomic mass is 10.1. The molecule has 2 aromatic rings. The molecule has 0 saturated heterocycles.